The molecule has 34 heavy (non-hydrogen) atoms. The standard InChI is InChI=1S/C25H24ClFN2O4S/c26-20-8-6-18(7-9-20)17-33-22-4-1-3-19(15-22)16-28-25(30)24-5-2-14-29(24)34(31,32)23-12-10-21(27)11-13-23/h1,3-4,6-13,15,24H,2,5,14,16-17H2,(H,28,30)/t24-/m0/s1. The Hall–Kier alpha value is -2.94. The van der Waals surface area contributed by atoms with E-state index < -0.39 is 21.9 Å². The van der Waals surface area contributed by atoms with Crippen molar-refractivity contribution in [2.24, 2.45) is 0 Å². The summed E-state index contributed by atoms with van der Waals surface area (Å²) in [6.45, 7) is 0.856. The number of carbonyl (C=O) groups excluding carboxylic acids is 1. The summed E-state index contributed by atoms with van der Waals surface area (Å²) in [7, 11) is -3.90. The summed E-state index contributed by atoms with van der Waals surface area (Å²) in [4.78, 5) is 12.8. The number of hydrogen-bond acceptors (Lipinski definition) is 4. The molecule has 0 unspecified atom stereocenters. The minimum atomic E-state index is -3.90. The fourth-order valence-electron chi connectivity index (χ4n) is 3.83. The Kier molecular flexibility index (Phi) is 7.50. The van der Waals surface area contributed by atoms with Crippen molar-refractivity contribution in [3.8, 4) is 5.75 Å². The predicted molar refractivity (Wildman–Crippen MR) is 127 cm³/mol. The van der Waals surface area contributed by atoms with E-state index in [0.29, 0.717) is 30.2 Å². The number of sulfonamides is 1. The van der Waals surface area contributed by atoms with Crippen LogP contribution in [0, 0.1) is 5.82 Å². The molecule has 4 rings (SSSR count). The van der Waals surface area contributed by atoms with E-state index in [1.165, 1.54) is 16.4 Å². The van der Waals surface area contributed by atoms with Crippen LogP contribution in [0.1, 0.15) is 24.0 Å². The van der Waals surface area contributed by atoms with Crippen molar-refractivity contribution >= 4 is 27.5 Å². The van der Waals surface area contributed by atoms with Gasteiger partial charge in [0.1, 0.15) is 24.2 Å². The van der Waals surface area contributed by atoms with E-state index in [1.54, 1.807) is 12.1 Å². The molecule has 3 aromatic carbocycles. The molecule has 0 aliphatic carbocycles. The summed E-state index contributed by atoms with van der Waals surface area (Å²) in [6.07, 6.45) is 1.00. The van der Waals surface area contributed by atoms with Gasteiger partial charge in [-0.15, -0.1) is 0 Å². The van der Waals surface area contributed by atoms with E-state index in [9.17, 15) is 17.6 Å². The van der Waals surface area contributed by atoms with Crippen molar-refractivity contribution in [2.75, 3.05) is 6.54 Å². The molecule has 1 saturated heterocycles. The fraction of sp³-hybridized carbons (Fsp3) is 0.240. The van der Waals surface area contributed by atoms with Gasteiger partial charge in [-0.05, 0) is 72.5 Å². The molecule has 6 nitrogen and oxygen atoms in total. The number of halogens is 2. The number of nitrogens with one attached hydrogen (secondary N) is 1. The maximum Gasteiger partial charge on any atom is 0.243 e. The fourth-order valence-corrected chi connectivity index (χ4v) is 5.61. The quantitative estimate of drug-likeness (QED) is 0.491. The van der Waals surface area contributed by atoms with E-state index in [0.717, 1.165) is 23.3 Å². The average Bonchev–Trinajstić information content (AvgIpc) is 3.34. The first-order valence-corrected chi connectivity index (χ1v) is 12.7. The number of nitrogens with zero attached hydrogens (tertiary/aromatic N) is 1. The van der Waals surface area contributed by atoms with Crippen LogP contribution >= 0.6 is 11.6 Å². The van der Waals surface area contributed by atoms with Gasteiger partial charge in [0.2, 0.25) is 15.9 Å². The Labute approximate surface area is 203 Å². The lowest BCUT2D eigenvalue weighted by atomic mass is 10.2. The Morgan fingerprint density at radius 3 is 2.53 bits per heavy atom. The van der Waals surface area contributed by atoms with E-state index in [-0.39, 0.29) is 23.9 Å². The SMILES string of the molecule is O=C(NCc1cccc(OCc2ccc(Cl)cc2)c1)[C@@H]1CCCN1S(=O)(=O)c1ccc(F)cc1. The van der Waals surface area contributed by atoms with Gasteiger partial charge in [0.15, 0.2) is 0 Å². The zero-order chi connectivity index (χ0) is 24.1. The van der Waals surface area contributed by atoms with Gasteiger partial charge in [-0.1, -0.05) is 35.9 Å². The molecule has 1 heterocycles. The molecule has 1 amide bonds. The van der Waals surface area contributed by atoms with Crippen LogP contribution in [0.25, 0.3) is 0 Å². The van der Waals surface area contributed by atoms with E-state index in [1.807, 2.05) is 36.4 Å². The number of hydrogen-bond donors (Lipinski definition) is 1. The van der Waals surface area contributed by atoms with Crippen molar-refractivity contribution < 1.29 is 22.3 Å². The van der Waals surface area contributed by atoms with Gasteiger partial charge in [-0.2, -0.15) is 4.31 Å². The van der Waals surface area contributed by atoms with Crippen molar-refractivity contribution in [1.29, 1.82) is 0 Å². The van der Waals surface area contributed by atoms with Crippen LogP contribution in [-0.2, 0) is 28.0 Å². The van der Waals surface area contributed by atoms with Crippen molar-refractivity contribution in [3.05, 3.63) is 94.8 Å². The van der Waals surface area contributed by atoms with Gasteiger partial charge in [-0.3, -0.25) is 4.79 Å². The lowest BCUT2D eigenvalue weighted by Gasteiger charge is -2.23. The average molecular weight is 503 g/mol. The van der Waals surface area contributed by atoms with Crippen molar-refractivity contribution in [3.63, 3.8) is 0 Å². The summed E-state index contributed by atoms with van der Waals surface area (Å²) in [5.74, 6) is -0.229. The Bertz CT molecular complexity index is 1250. The topological polar surface area (TPSA) is 75.7 Å². The molecule has 1 fully saturated rings. The largest absolute Gasteiger partial charge is 0.489 e. The van der Waals surface area contributed by atoms with Gasteiger partial charge < -0.3 is 10.1 Å². The highest BCUT2D eigenvalue weighted by atomic mass is 35.5. The minimum Gasteiger partial charge on any atom is -0.489 e. The van der Waals surface area contributed by atoms with Gasteiger partial charge in [0.25, 0.3) is 0 Å². The lowest BCUT2D eigenvalue weighted by Crippen LogP contribution is -2.45. The normalized spacial score (nSPS) is 16.4. The minimum absolute atomic E-state index is 0.0286. The van der Waals surface area contributed by atoms with Crippen LogP contribution in [0.3, 0.4) is 0 Å². The lowest BCUT2D eigenvalue weighted by molar-refractivity contribution is -0.124. The molecule has 9 heteroatoms. The van der Waals surface area contributed by atoms with Crippen LogP contribution in [0.2, 0.25) is 5.02 Å². The maximum absolute atomic E-state index is 13.2. The molecule has 1 aliphatic heterocycles. The van der Waals surface area contributed by atoms with Crippen LogP contribution in [0.4, 0.5) is 4.39 Å². The van der Waals surface area contributed by atoms with E-state index >= 15 is 0 Å². The second-order valence-corrected chi connectivity index (χ2v) is 10.3. The molecular weight excluding hydrogens is 479 g/mol. The van der Waals surface area contributed by atoms with Gasteiger partial charge in [-0.25, -0.2) is 12.8 Å². The highest BCUT2D eigenvalue weighted by Crippen LogP contribution is 2.26. The second-order valence-electron chi connectivity index (χ2n) is 8.01. The van der Waals surface area contributed by atoms with Gasteiger partial charge in [0.05, 0.1) is 4.90 Å². The molecule has 0 bridgehead atoms. The molecule has 1 aliphatic rings. The molecule has 1 N–H and O–H groups in total. The number of carbonyl (C=O) groups is 1. The molecule has 178 valence electrons. The smallest absolute Gasteiger partial charge is 0.243 e. The molecule has 0 aromatic heterocycles. The summed E-state index contributed by atoms with van der Waals surface area (Å²) >= 11 is 5.90. The third-order valence-corrected chi connectivity index (χ3v) is 7.78. The van der Waals surface area contributed by atoms with Crippen LogP contribution in [0.15, 0.2) is 77.7 Å². The number of benzene rings is 3. The molecule has 3 aromatic rings. The van der Waals surface area contributed by atoms with Crippen LogP contribution in [-0.4, -0.2) is 31.2 Å². The molecular formula is C25H24ClFN2O4S. The molecule has 0 radical (unpaired) electrons. The van der Waals surface area contributed by atoms with Crippen molar-refractivity contribution in [2.45, 2.75) is 36.9 Å². The van der Waals surface area contributed by atoms with E-state index in [4.69, 9.17) is 16.3 Å². The van der Waals surface area contributed by atoms with Gasteiger partial charge >= 0.3 is 0 Å². The Morgan fingerprint density at radius 2 is 1.79 bits per heavy atom. The second kappa shape index (κ2) is 10.5. The summed E-state index contributed by atoms with van der Waals surface area (Å²) in [6, 6.07) is 18.5. The highest BCUT2D eigenvalue weighted by molar-refractivity contribution is 7.89. The highest BCUT2D eigenvalue weighted by Gasteiger charge is 2.39. The first kappa shape index (κ1) is 24.2. The number of rotatable bonds is 8. The first-order chi connectivity index (χ1) is 16.3. The third kappa shape index (κ3) is 5.75. The number of amides is 1. The summed E-state index contributed by atoms with van der Waals surface area (Å²) < 4.78 is 46.2. The van der Waals surface area contributed by atoms with Crippen LogP contribution < -0.4 is 10.1 Å². The number of ether oxygens (including phenoxy) is 1. The monoisotopic (exact) mass is 502 g/mol. The van der Waals surface area contributed by atoms with E-state index in [2.05, 4.69) is 5.32 Å². The summed E-state index contributed by atoms with van der Waals surface area (Å²) in [5.41, 5.74) is 1.81. The molecule has 0 saturated carbocycles. The zero-order valence-electron chi connectivity index (χ0n) is 18.3. The van der Waals surface area contributed by atoms with Crippen molar-refractivity contribution in [1.82, 2.24) is 9.62 Å². The molecule has 1 atom stereocenters. The van der Waals surface area contributed by atoms with Crippen LogP contribution in [0.5, 0.6) is 5.75 Å². The maximum atomic E-state index is 13.2. The summed E-state index contributed by atoms with van der Waals surface area (Å²) in [5, 5.41) is 3.50. The third-order valence-electron chi connectivity index (χ3n) is 5.61. The van der Waals surface area contributed by atoms with Gasteiger partial charge in [0, 0.05) is 18.1 Å². The zero-order valence-corrected chi connectivity index (χ0v) is 19.9. The first-order valence-electron chi connectivity index (χ1n) is 10.8. The Balaban J connectivity index is 1.37. The predicted octanol–water partition coefficient (Wildman–Crippen LogP) is 4.53. The Morgan fingerprint density at radius 1 is 1.06 bits per heavy atom. The molecule has 0 spiro atoms.